The van der Waals surface area contributed by atoms with E-state index in [4.69, 9.17) is 25.5 Å². The number of hydrogen-bond donors (Lipinski definition) is 1. The van der Waals surface area contributed by atoms with Crippen LogP contribution in [0.1, 0.15) is 40.3 Å². The van der Waals surface area contributed by atoms with Crippen LogP contribution in [0.15, 0.2) is 94.0 Å². The summed E-state index contributed by atoms with van der Waals surface area (Å²) >= 11 is 6.35. The number of ether oxygens (including phenoxy) is 2. The SMILES string of the molecule is CCOC(=O)c1cccc(N2N=C(C)/C(=C/c3ccc(-c4ccc(Cl)c(C(=O)Nc5cccc(OC)c5)c4)o3)C2=O)c1. The van der Waals surface area contributed by atoms with Crippen LogP contribution < -0.4 is 15.1 Å². The Hall–Kier alpha value is -5.15. The highest BCUT2D eigenvalue weighted by Gasteiger charge is 2.29. The smallest absolute Gasteiger partial charge is 0.338 e. The van der Waals surface area contributed by atoms with E-state index in [1.165, 1.54) is 5.01 Å². The van der Waals surface area contributed by atoms with Gasteiger partial charge in [-0.1, -0.05) is 23.7 Å². The fourth-order valence-electron chi connectivity index (χ4n) is 4.32. The van der Waals surface area contributed by atoms with Crippen LogP contribution in [-0.2, 0) is 9.53 Å². The highest BCUT2D eigenvalue weighted by molar-refractivity contribution is 6.34. The van der Waals surface area contributed by atoms with Crippen LogP contribution in [0.3, 0.4) is 0 Å². The largest absolute Gasteiger partial charge is 0.497 e. The van der Waals surface area contributed by atoms with Crippen LogP contribution in [0, 0.1) is 0 Å². The molecule has 10 heteroatoms. The minimum absolute atomic E-state index is 0.245. The number of carbonyl (C=O) groups is 3. The van der Waals surface area contributed by atoms with E-state index in [0.717, 1.165) is 0 Å². The summed E-state index contributed by atoms with van der Waals surface area (Å²) in [6.07, 6.45) is 1.60. The molecule has 1 N–H and O–H groups in total. The monoisotopic (exact) mass is 583 g/mol. The Labute approximate surface area is 247 Å². The van der Waals surface area contributed by atoms with Crippen molar-refractivity contribution >= 4 is 52.5 Å². The summed E-state index contributed by atoms with van der Waals surface area (Å²) in [6, 6.07) is 22.0. The molecule has 9 nitrogen and oxygen atoms in total. The van der Waals surface area contributed by atoms with Crippen LogP contribution in [0.5, 0.6) is 5.75 Å². The van der Waals surface area contributed by atoms with Gasteiger partial charge in [-0.05, 0) is 80.6 Å². The first-order valence-electron chi connectivity index (χ1n) is 13.0. The number of nitrogens with one attached hydrogen (secondary N) is 1. The van der Waals surface area contributed by atoms with Crippen molar-refractivity contribution in [3.05, 3.63) is 106 Å². The summed E-state index contributed by atoms with van der Waals surface area (Å²) in [7, 11) is 1.55. The highest BCUT2D eigenvalue weighted by Crippen LogP contribution is 2.30. The van der Waals surface area contributed by atoms with Crippen molar-refractivity contribution in [2.45, 2.75) is 13.8 Å². The first kappa shape index (κ1) is 28.4. The second kappa shape index (κ2) is 12.2. The summed E-state index contributed by atoms with van der Waals surface area (Å²) in [5, 5.41) is 8.73. The van der Waals surface area contributed by atoms with Crippen LogP contribution in [0.4, 0.5) is 11.4 Å². The lowest BCUT2D eigenvalue weighted by Gasteiger charge is -2.12. The number of anilines is 2. The first-order chi connectivity index (χ1) is 20.3. The minimum Gasteiger partial charge on any atom is -0.497 e. The Kier molecular flexibility index (Phi) is 8.21. The Morgan fingerprint density at radius 3 is 2.64 bits per heavy atom. The number of nitrogens with zero attached hydrogens (tertiary/aromatic N) is 2. The highest BCUT2D eigenvalue weighted by atomic mass is 35.5. The lowest BCUT2D eigenvalue weighted by molar-refractivity contribution is -0.114. The number of amides is 2. The number of esters is 1. The van der Waals surface area contributed by atoms with Gasteiger partial charge in [0.05, 0.1) is 46.8 Å². The topological polar surface area (TPSA) is 110 Å². The van der Waals surface area contributed by atoms with Crippen molar-refractivity contribution in [2.24, 2.45) is 5.10 Å². The molecule has 5 rings (SSSR count). The van der Waals surface area contributed by atoms with Gasteiger partial charge in [-0.3, -0.25) is 9.59 Å². The van der Waals surface area contributed by atoms with Crippen molar-refractivity contribution < 1.29 is 28.3 Å². The molecule has 0 atom stereocenters. The molecule has 0 unspecified atom stereocenters. The molecule has 1 aliphatic rings. The van der Waals surface area contributed by atoms with Crippen LogP contribution in [0.25, 0.3) is 17.4 Å². The molecule has 1 aliphatic heterocycles. The number of furan rings is 1. The number of rotatable bonds is 8. The van der Waals surface area contributed by atoms with E-state index < -0.39 is 5.97 Å². The van der Waals surface area contributed by atoms with E-state index in [2.05, 4.69) is 10.4 Å². The Morgan fingerprint density at radius 1 is 1.05 bits per heavy atom. The number of hydrazone groups is 1. The number of carbonyl (C=O) groups excluding carboxylic acids is 3. The van der Waals surface area contributed by atoms with Crippen molar-refractivity contribution in [2.75, 3.05) is 24.0 Å². The summed E-state index contributed by atoms with van der Waals surface area (Å²) in [5.74, 6) is 0.275. The molecule has 3 aromatic carbocycles. The Bertz CT molecular complexity index is 1760. The third kappa shape index (κ3) is 5.96. The Balaban J connectivity index is 1.35. The maximum atomic E-state index is 13.3. The van der Waals surface area contributed by atoms with E-state index >= 15 is 0 Å². The number of benzene rings is 3. The van der Waals surface area contributed by atoms with Crippen molar-refractivity contribution in [1.29, 1.82) is 0 Å². The zero-order valence-corrected chi connectivity index (χ0v) is 23.8. The molecule has 0 fully saturated rings. The molecule has 2 heterocycles. The van der Waals surface area contributed by atoms with Crippen LogP contribution in [0.2, 0.25) is 5.02 Å². The molecule has 0 saturated carbocycles. The van der Waals surface area contributed by atoms with E-state index in [0.29, 0.717) is 51.1 Å². The van der Waals surface area contributed by atoms with Gasteiger partial charge in [0.1, 0.15) is 17.3 Å². The third-order valence-electron chi connectivity index (χ3n) is 6.40. The lowest BCUT2D eigenvalue weighted by atomic mass is 10.1. The molecule has 0 saturated heterocycles. The fourth-order valence-corrected chi connectivity index (χ4v) is 4.52. The zero-order valence-electron chi connectivity index (χ0n) is 23.0. The predicted molar refractivity (Wildman–Crippen MR) is 161 cm³/mol. The predicted octanol–water partition coefficient (Wildman–Crippen LogP) is 6.84. The molecule has 0 bridgehead atoms. The van der Waals surface area contributed by atoms with Crippen LogP contribution in [-0.4, -0.2) is 37.2 Å². The second-order valence-electron chi connectivity index (χ2n) is 9.21. The molecule has 1 aromatic heterocycles. The van der Waals surface area contributed by atoms with E-state index in [1.807, 2.05) is 0 Å². The van der Waals surface area contributed by atoms with Crippen molar-refractivity contribution in [1.82, 2.24) is 0 Å². The molecule has 0 aliphatic carbocycles. The summed E-state index contributed by atoms with van der Waals surface area (Å²) < 4.78 is 16.3. The van der Waals surface area contributed by atoms with Gasteiger partial charge in [0.15, 0.2) is 0 Å². The van der Waals surface area contributed by atoms with Gasteiger partial charge < -0.3 is 19.2 Å². The van der Waals surface area contributed by atoms with Gasteiger partial charge in [0.25, 0.3) is 11.8 Å². The first-order valence-corrected chi connectivity index (χ1v) is 13.4. The molecule has 2 amide bonds. The number of hydrogen-bond acceptors (Lipinski definition) is 7. The summed E-state index contributed by atoms with van der Waals surface area (Å²) in [5.41, 5.74) is 3.04. The van der Waals surface area contributed by atoms with E-state index in [1.54, 1.807) is 106 Å². The average molecular weight is 584 g/mol. The molecule has 212 valence electrons. The number of methoxy groups -OCH3 is 1. The fraction of sp³-hybridized carbons (Fsp3) is 0.125. The van der Waals surface area contributed by atoms with Crippen molar-refractivity contribution in [3.8, 4) is 17.1 Å². The van der Waals surface area contributed by atoms with Crippen LogP contribution >= 0.6 is 11.6 Å². The standard InChI is InChI=1S/C32H26ClN3O6/c1-4-41-32(39)21-7-5-9-23(15-21)36-31(38)26(19(2)35-36)18-25-12-14-29(42-25)20-11-13-28(33)27(16-20)30(37)34-22-8-6-10-24(17-22)40-3/h5-18H,4H2,1-3H3,(H,34,37)/b26-18-. The average Bonchev–Trinajstić information content (AvgIpc) is 3.58. The third-order valence-corrected chi connectivity index (χ3v) is 6.73. The van der Waals surface area contributed by atoms with Gasteiger partial charge in [-0.2, -0.15) is 10.1 Å². The maximum Gasteiger partial charge on any atom is 0.338 e. The molecule has 0 spiro atoms. The molecule has 0 radical (unpaired) electrons. The summed E-state index contributed by atoms with van der Waals surface area (Å²) in [6.45, 7) is 3.69. The Morgan fingerprint density at radius 2 is 1.86 bits per heavy atom. The molecule has 4 aromatic rings. The lowest BCUT2D eigenvalue weighted by Crippen LogP contribution is -2.21. The maximum absolute atomic E-state index is 13.3. The second-order valence-corrected chi connectivity index (χ2v) is 9.62. The summed E-state index contributed by atoms with van der Waals surface area (Å²) in [4.78, 5) is 38.4. The van der Waals surface area contributed by atoms with E-state index in [9.17, 15) is 14.4 Å². The molecule has 42 heavy (non-hydrogen) atoms. The normalized spacial score (nSPS) is 13.7. The molecular formula is C32H26ClN3O6. The van der Waals surface area contributed by atoms with Gasteiger partial charge in [-0.15, -0.1) is 0 Å². The van der Waals surface area contributed by atoms with Gasteiger partial charge >= 0.3 is 5.97 Å². The van der Waals surface area contributed by atoms with Gasteiger partial charge in [0.2, 0.25) is 0 Å². The van der Waals surface area contributed by atoms with Gasteiger partial charge in [-0.25, -0.2) is 4.79 Å². The molecular weight excluding hydrogens is 558 g/mol. The quantitative estimate of drug-likeness (QED) is 0.179. The van der Waals surface area contributed by atoms with Gasteiger partial charge in [0, 0.05) is 17.3 Å². The minimum atomic E-state index is -0.478. The van der Waals surface area contributed by atoms with Crippen molar-refractivity contribution in [3.63, 3.8) is 0 Å². The van der Waals surface area contributed by atoms with E-state index in [-0.39, 0.29) is 29.0 Å². The number of halogens is 1. The zero-order chi connectivity index (χ0) is 29.8.